The summed E-state index contributed by atoms with van der Waals surface area (Å²) >= 11 is 3.40. The maximum absolute atomic E-state index is 13.5. The molecule has 3 aromatic carbocycles. The van der Waals surface area contributed by atoms with Crippen LogP contribution in [0, 0.1) is 5.92 Å². The van der Waals surface area contributed by atoms with Gasteiger partial charge in [0, 0.05) is 16.7 Å². The summed E-state index contributed by atoms with van der Waals surface area (Å²) in [4.78, 5) is 28.2. The minimum absolute atomic E-state index is 0.0470. The molecule has 176 valence electrons. The summed E-state index contributed by atoms with van der Waals surface area (Å²) in [5.74, 6) is -2.60. The fourth-order valence-corrected chi connectivity index (χ4v) is 4.70. The lowest BCUT2D eigenvalue weighted by atomic mass is 9.97. The predicted molar refractivity (Wildman–Crippen MR) is 138 cm³/mol. The van der Waals surface area contributed by atoms with E-state index in [0.29, 0.717) is 17.8 Å². The minimum atomic E-state index is -4.12. The first kappa shape index (κ1) is 25.4. The third-order valence-corrected chi connectivity index (χ3v) is 6.55. The molecule has 3 aromatic rings. The first-order chi connectivity index (χ1) is 16.3. The van der Waals surface area contributed by atoms with Gasteiger partial charge in [-0.1, -0.05) is 76.6 Å². The Kier molecular flexibility index (Phi) is 8.79. The summed E-state index contributed by atoms with van der Waals surface area (Å²) in [6.07, 6.45) is 1.44. The molecule has 0 radical (unpaired) electrons. The summed E-state index contributed by atoms with van der Waals surface area (Å²) < 4.78 is 28.1. The van der Waals surface area contributed by atoms with Gasteiger partial charge in [0.15, 0.2) is 0 Å². The number of sulfonamides is 1. The molecule has 0 bridgehead atoms. The molecule has 0 spiro atoms. The summed E-state index contributed by atoms with van der Waals surface area (Å²) in [5, 5.41) is 0.926. The van der Waals surface area contributed by atoms with E-state index in [9.17, 15) is 18.0 Å². The molecule has 1 N–H and O–H groups in total. The van der Waals surface area contributed by atoms with Crippen molar-refractivity contribution < 1.29 is 18.0 Å². The van der Waals surface area contributed by atoms with Gasteiger partial charge in [0.25, 0.3) is 10.0 Å². The second-order valence-electron chi connectivity index (χ2n) is 7.53. The summed E-state index contributed by atoms with van der Waals surface area (Å²) in [6, 6.07) is 25.1. The van der Waals surface area contributed by atoms with E-state index in [0.717, 1.165) is 15.4 Å². The van der Waals surface area contributed by atoms with Crippen molar-refractivity contribution in [1.82, 2.24) is 4.72 Å². The van der Waals surface area contributed by atoms with Crippen LogP contribution in [0.4, 0.5) is 5.69 Å². The molecule has 34 heavy (non-hydrogen) atoms. The third-order valence-electron chi connectivity index (χ3n) is 5.08. The zero-order chi connectivity index (χ0) is 24.6. The number of carbonyl (C=O) groups is 2. The first-order valence-corrected chi connectivity index (χ1v) is 13.0. The fraction of sp³-hybridized carbons (Fsp3) is 0.154. The van der Waals surface area contributed by atoms with Crippen LogP contribution < -0.4 is 9.62 Å². The molecule has 0 aliphatic heterocycles. The lowest BCUT2D eigenvalue weighted by Crippen LogP contribution is -2.46. The van der Waals surface area contributed by atoms with Crippen molar-refractivity contribution in [2.75, 3.05) is 11.4 Å². The Bertz CT molecular complexity index is 1260. The molecule has 1 atom stereocenters. The molecular formula is C26H25BrN2O4S. The van der Waals surface area contributed by atoms with Gasteiger partial charge in [-0.25, -0.2) is 13.1 Å². The average Bonchev–Trinajstić information content (AvgIpc) is 2.83. The van der Waals surface area contributed by atoms with Crippen LogP contribution in [0.15, 0.2) is 94.8 Å². The number of benzene rings is 3. The van der Waals surface area contributed by atoms with E-state index in [1.54, 1.807) is 73.7 Å². The van der Waals surface area contributed by atoms with Gasteiger partial charge in [-0.15, -0.1) is 0 Å². The number of amides is 2. The van der Waals surface area contributed by atoms with Gasteiger partial charge in [0.1, 0.15) is 5.92 Å². The smallest absolute Gasteiger partial charge is 0.257 e. The maximum atomic E-state index is 13.5. The molecule has 6 nitrogen and oxygen atoms in total. The lowest BCUT2D eigenvalue weighted by molar-refractivity contribution is -0.132. The van der Waals surface area contributed by atoms with Gasteiger partial charge in [-0.05, 0) is 54.8 Å². The molecular weight excluding hydrogens is 516 g/mol. The van der Waals surface area contributed by atoms with Gasteiger partial charge in [0.05, 0.1) is 5.41 Å². The van der Waals surface area contributed by atoms with Crippen molar-refractivity contribution >= 4 is 49.5 Å². The van der Waals surface area contributed by atoms with Gasteiger partial charge in [-0.2, -0.15) is 0 Å². The monoisotopic (exact) mass is 540 g/mol. The minimum Gasteiger partial charge on any atom is -0.312 e. The maximum Gasteiger partial charge on any atom is 0.257 e. The molecule has 2 amide bonds. The highest BCUT2D eigenvalue weighted by Gasteiger charge is 2.33. The van der Waals surface area contributed by atoms with Crippen LogP contribution in [0.25, 0.3) is 6.08 Å². The highest BCUT2D eigenvalue weighted by molar-refractivity contribution is 9.10. The number of anilines is 1. The van der Waals surface area contributed by atoms with E-state index in [-0.39, 0.29) is 6.42 Å². The quantitative estimate of drug-likeness (QED) is 0.396. The Morgan fingerprint density at radius 2 is 1.62 bits per heavy atom. The summed E-state index contributed by atoms with van der Waals surface area (Å²) in [6.45, 7) is 2.13. The Morgan fingerprint density at radius 1 is 0.971 bits per heavy atom. The van der Waals surface area contributed by atoms with E-state index in [2.05, 4.69) is 20.7 Å². The van der Waals surface area contributed by atoms with Crippen LogP contribution in [0.3, 0.4) is 0 Å². The van der Waals surface area contributed by atoms with Crippen molar-refractivity contribution in [3.8, 4) is 0 Å². The Labute approximate surface area is 208 Å². The summed E-state index contributed by atoms with van der Waals surface area (Å²) in [5.41, 5.74) is 2.03. The largest absolute Gasteiger partial charge is 0.312 e. The normalized spacial score (nSPS) is 12.3. The van der Waals surface area contributed by atoms with Crippen LogP contribution in [-0.4, -0.2) is 26.8 Å². The van der Waals surface area contributed by atoms with Gasteiger partial charge in [0.2, 0.25) is 11.8 Å². The standard InChI is InChI=1S/C26H25BrN2O4S/c1-2-29(23-14-7-4-8-15-23)26(31)24(19-21-12-9-13-22(27)18-21)25(30)28-34(32,33)17-16-20-10-5-3-6-11-20/h3-18,24H,2,19H2,1H3,(H,28,30)/b17-16+. The van der Waals surface area contributed by atoms with Crippen molar-refractivity contribution in [1.29, 1.82) is 0 Å². The number of rotatable bonds is 9. The van der Waals surface area contributed by atoms with E-state index in [1.807, 2.05) is 18.2 Å². The zero-order valence-corrected chi connectivity index (χ0v) is 21.0. The molecule has 0 aliphatic rings. The number of para-hydroxylation sites is 1. The zero-order valence-electron chi connectivity index (χ0n) is 18.6. The first-order valence-electron chi connectivity index (χ1n) is 10.7. The van der Waals surface area contributed by atoms with Crippen LogP contribution in [0.5, 0.6) is 0 Å². The predicted octanol–water partition coefficient (Wildman–Crippen LogP) is 4.78. The van der Waals surface area contributed by atoms with Gasteiger partial charge in [-0.3, -0.25) is 9.59 Å². The fourth-order valence-electron chi connectivity index (χ4n) is 3.43. The third kappa shape index (κ3) is 7.13. The molecule has 0 aliphatic carbocycles. The van der Waals surface area contributed by atoms with Crippen LogP contribution in [0.1, 0.15) is 18.1 Å². The molecule has 1 unspecified atom stereocenters. The number of halogens is 1. The number of nitrogens with one attached hydrogen (secondary N) is 1. The SMILES string of the molecule is CCN(C(=O)C(Cc1cccc(Br)c1)C(=O)NS(=O)(=O)/C=C/c1ccccc1)c1ccccc1. The highest BCUT2D eigenvalue weighted by Crippen LogP contribution is 2.21. The van der Waals surface area contributed by atoms with Crippen LogP contribution >= 0.6 is 15.9 Å². The molecule has 0 heterocycles. The topological polar surface area (TPSA) is 83.6 Å². The molecule has 8 heteroatoms. The second-order valence-corrected chi connectivity index (χ2v) is 10.0. The van der Waals surface area contributed by atoms with Crippen LogP contribution in [0.2, 0.25) is 0 Å². The lowest BCUT2D eigenvalue weighted by Gasteiger charge is -2.26. The number of hydrogen-bond donors (Lipinski definition) is 1. The number of nitrogens with zero attached hydrogens (tertiary/aromatic N) is 1. The number of carbonyl (C=O) groups excluding carboxylic acids is 2. The van der Waals surface area contributed by atoms with E-state index in [4.69, 9.17) is 0 Å². The Hall–Kier alpha value is -3.23. The van der Waals surface area contributed by atoms with Crippen molar-refractivity contribution in [3.63, 3.8) is 0 Å². The van der Waals surface area contributed by atoms with Crippen molar-refractivity contribution in [3.05, 3.63) is 106 Å². The summed E-state index contributed by atoms with van der Waals surface area (Å²) in [7, 11) is -4.12. The van der Waals surface area contributed by atoms with Crippen LogP contribution in [-0.2, 0) is 26.0 Å². The molecule has 3 rings (SSSR count). The molecule has 0 saturated carbocycles. The van der Waals surface area contributed by atoms with E-state index in [1.165, 1.54) is 11.0 Å². The average molecular weight is 541 g/mol. The second kappa shape index (κ2) is 11.8. The molecule has 0 fully saturated rings. The van der Waals surface area contributed by atoms with Gasteiger partial charge < -0.3 is 4.90 Å². The van der Waals surface area contributed by atoms with Crippen molar-refractivity contribution in [2.45, 2.75) is 13.3 Å². The Balaban J connectivity index is 1.88. The van der Waals surface area contributed by atoms with Gasteiger partial charge >= 0.3 is 0 Å². The van der Waals surface area contributed by atoms with Crippen molar-refractivity contribution in [2.24, 2.45) is 5.92 Å². The Morgan fingerprint density at radius 3 is 2.24 bits per heavy atom. The highest BCUT2D eigenvalue weighted by atomic mass is 79.9. The molecule has 0 saturated heterocycles. The number of hydrogen-bond acceptors (Lipinski definition) is 4. The van der Waals surface area contributed by atoms with E-state index < -0.39 is 27.8 Å². The van der Waals surface area contributed by atoms with E-state index >= 15 is 0 Å². The molecule has 0 aromatic heterocycles.